The van der Waals surface area contributed by atoms with Crippen LogP contribution >= 0.6 is 0 Å². The first kappa shape index (κ1) is 18.9. The van der Waals surface area contributed by atoms with Gasteiger partial charge in [-0.05, 0) is 43.9 Å². The largest absolute Gasteiger partial charge is 0.440 e. The molecule has 25 heavy (non-hydrogen) atoms. The summed E-state index contributed by atoms with van der Waals surface area (Å²) in [5.41, 5.74) is 0. The molecule has 0 bridgehead atoms. The van der Waals surface area contributed by atoms with Gasteiger partial charge < -0.3 is 14.2 Å². The fraction of sp³-hybridized carbons (Fsp3) is 0.900. The number of ether oxygens (including phenoxy) is 3. The van der Waals surface area contributed by atoms with E-state index >= 15 is 0 Å². The predicted octanol–water partition coefficient (Wildman–Crippen LogP) is 4.19. The molecular weight excluding hydrogens is 326 g/mol. The standard InChI is InChI=1S/C20H30F2O3/c1-3-5-6-7-12-24-16-11-9-14-13-8-10-15(23-4-2)17(21)19(13)25-20(14)18(16)22/h2,13-20H,3,5-12H2,1H3. The molecule has 8 unspecified atom stereocenters. The van der Waals surface area contributed by atoms with Crippen molar-refractivity contribution in [1.82, 2.24) is 0 Å². The monoisotopic (exact) mass is 356 g/mol. The third-order valence-corrected chi connectivity index (χ3v) is 6.16. The Balaban J connectivity index is 1.54. The second-order valence-corrected chi connectivity index (χ2v) is 7.68. The molecule has 3 aliphatic rings. The topological polar surface area (TPSA) is 27.7 Å². The van der Waals surface area contributed by atoms with E-state index in [1.807, 2.05) is 0 Å². The van der Waals surface area contributed by atoms with Crippen LogP contribution in [0.25, 0.3) is 0 Å². The normalized spacial score (nSPS) is 43.1. The van der Waals surface area contributed by atoms with Crippen molar-refractivity contribution in [2.24, 2.45) is 11.8 Å². The van der Waals surface area contributed by atoms with Crippen LogP contribution < -0.4 is 0 Å². The summed E-state index contributed by atoms with van der Waals surface area (Å²) in [5, 5.41) is 0. The van der Waals surface area contributed by atoms with Crippen LogP contribution in [0.3, 0.4) is 0 Å². The van der Waals surface area contributed by atoms with Crippen molar-refractivity contribution < 1.29 is 23.0 Å². The number of hydrogen-bond donors (Lipinski definition) is 0. The molecule has 2 saturated carbocycles. The van der Waals surface area contributed by atoms with Crippen molar-refractivity contribution in [2.75, 3.05) is 6.61 Å². The van der Waals surface area contributed by atoms with Gasteiger partial charge in [-0.3, -0.25) is 0 Å². The Morgan fingerprint density at radius 3 is 2.24 bits per heavy atom. The highest BCUT2D eigenvalue weighted by Crippen LogP contribution is 2.49. The van der Waals surface area contributed by atoms with Crippen LogP contribution in [0.2, 0.25) is 0 Å². The van der Waals surface area contributed by atoms with E-state index in [-0.39, 0.29) is 11.8 Å². The van der Waals surface area contributed by atoms with Crippen molar-refractivity contribution in [3.05, 3.63) is 0 Å². The van der Waals surface area contributed by atoms with Crippen molar-refractivity contribution in [2.45, 2.75) is 95.0 Å². The first-order valence-corrected chi connectivity index (χ1v) is 9.83. The summed E-state index contributed by atoms with van der Waals surface area (Å²) in [6.45, 7) is 2.76. The quantitative estimate of drug-likeness (QED) is 0.506. The summed E-state index contributed by atoms with van der Waals surface area (Å²) < 4.78 is 46.3. The van der Waals surface area contributed by atoms with E-state index in [1.54, 1.807) is 0 Å². The summed E-state index contributed by atoms with van der Waals surface area (Å²) in [6, 6.07) is 0. The first-order valence-electron chi connectivity index (χ1n) is 9.83. The van der Waals surface area contributed by atoms with Crippen LogP contribution in [0, 0.1) is 24.4 Å². The maximum Gasteiger partial charge on any atom is 0.164 e. The van der Waals surface area contributed by atoms with Gasteiger partial charge in [0, 0.05) is 6.61 Å². The third-order valence-electron chi connectivity index (χ3n) is 6.16. The lowest BCUT2D eigenvalue weighted by Crippen LogP contribution is -2.45. The fourth-order valence-electron chi connectivity index (χ4n) is 4.85. The molecule has 142 valence electrons. The molecule has 1 aliphatic heterocycles. The highest BCUT2D eigenvalue weighted by atomic mass is 19.1. The molecular formula is C20H30F2O3. The van der Waals surface area contributed by atoms with Gasteiger partial charge in [0.05, 0.1) is 18.3 Å². The molecule has 0 radical (unpaired) electrons. The summed E-state index contributed by atoms with van der Waals surface area (Å²) in [6.07, 6.45) is 9.92. The van der Waals surface area contributed by atoms with E-state index in [0.29, 0.717) is 19.4 Å². The minimum absolute atomic E-state index is 0.0707. The first-order chi connectivity index (χ1) is 12.2. The van der Waals surface area contributed by atoms with E-state index in [9.17, 15) is 8.78 Å². The second-order valence-electron chi connectivity index (χ2n) is 7.68. The number of rotatable bonds is 7. The van der Waals surface area contributed by atoms with Gasteiger partial charge in [0.1, 0.15) is 12.2 Å². The average Bonchev–Trinajstić information content (AvgIpc) is 2.99. The fourth-order valence-corrected chi connectivity index (χ4v) is 4.85. The molecule has 8 atom stereocenters. The minimum Gasteiger partial charge on any atom is -0.440 e. The summed E-state index contributed by atoms with van der Waals surface area (Å²) in [7, 11) is 0. The molecule has 3 fully saturated rings. The number of terminal acetylenes is 1. The number of unbranched alkanes of at least 4 members (excludes halogenated alkanes) is 3. The Kier molecular flexibility index (Phi) is 6.57. The number of hydrogen-bond acceptors (Lipinski definition) is 3. The average molecular weight is 356 g/mol. The Morgan fingerprint density at radius 1 is 0.960 bits per heavy atom. The Bertz CT molecular complexity index is 466. The smallest absolute Gasteiger partial charge is 0.164 e. The molecule has 1 saturated heterocycles. The van der Waals surface area contributed by atoms with Gasteiger partial charge in [-0.2, -0.15) is 0 Å². The zero-order chi connectivity index (χ0) is 17.8. The highest BCUT2D eigenvalue weighted by Gasteiger charge is 2.57. The van der Waals surface area contributed by atoms with Gasteiger partial charge in [0.2, 0.25) is 0 Å². The van der Waals surface area contributed by atoms with Crippen LogP contribution in [0.15, 0.2) is 0 Å². The molecule has 1 heterocycles. The van der Waals surface area contributed by atoms with Crippen molar-refractivity contribution in [3.8, 4) is 12.5 Å². The number of fused-ring (bicyclic) bond motifs is 3. The van der Waals surface area contributed by atoms with E-state index in [2.05, 4.69) is 13.0 Å². The summed E-state index contributed by atoms with van der Waals surface area (Å²) in [5.74, 6) is 0.159. The summed E-state index contributed by atoms with van der Waals surface area (Å²) >= 11 is 0. The van der Waals surface area contributed by atoms with Crippen molar-refractivity contribution in [1.29, 1.82) is 0 Å². The Labute approximate surface area is 149 Å². The molecule has 2 aliphatic carbocycles. The second kappa shape index (κ2) is 8.68. The van der Waals surface area contributed by atoms with Crippen LogP contribution in [-0.2, 0) is 14.2 Å². The van der Waals surface area contributed by atoms with Gasteiger partial charge in [-0.25, -0.2) is 8.78 Å². The van der Waals surface area contributed by atoms with Gasteiger partial charge in [-0.15, -0.1) is 0 Å². The Morgan fingerprint density at radius 2 is 1.60 bits per heavy atom. The van der Waals surface area contributed by atoms with E-state index in [4.69, 9.17) is 20.6 Å². The van der Waals surface area contributed by atoms with E-state index in [0.717, 1.165) is 25.7 Å². The van der Waals surface area contributed by atoms with Gasteiger partial charge in [0.15, 0.2) is 12.3 Å². The predicted molar refractivity (Wildman–Crippen MR) is 91.5 cm³/mol. The molecule has 0 aromatic rings. The zero-order valence-corrected chi connectivity index (χ0v) is 15.0. The molecule has 0 amide bonds. The maximum absolute atomic E-state index is 15.0. The molecule has 5 heteroatoms. The van der Waals surface area contributed by atoms with Gasteiger partial charge in [-0.1, -0.05) is 32.6 Å². The molecule has 3 rings (SSSR count). The van der Waals surface area contributed by atoms with Crippen molar-refractivity contribution in [3.63, 3.8) is 0 Å². The summed E-state index contributed by atoms with van der Waals surface area (Å²) in [4.78, 5) is 0. The number of halogens is 2. The molecule has 0 aromatic carbocycles. The molecule has 0 spiro atoms. The van der Waals surface area contributed by atoms with Crippen LogP contribution in [0.1, 0.15) is 58.3 Å². The van der Waals surface area contributed by atoms with Crippen molar-refractivity contribution >= 4 is 0 Å². The maximum atomic E-state index is 15.0. The lowest BCUT2D eigenvalue weighted by atomic mass is 9.71. The van der Waals surface area contributed by atoms with E-state index < -0.39 is 36.8 Å². The molecule has 0 N–H and O–H groups in total. The SMILES string of the molecule is C#COC1CCC2C3CCC(OCCCCCC)C(F)C3OC2C1F. The van der Waals surface area contributed by atoms with Gasteiger partial charge in [0.25, 0.3) is 0 Å². The van der Waals surface area contributed by atoms with Crippen LogP contribution in [-0.4, -0.2) is 43.4 Å². The van der Waals surface area contributed by atoms with Gasteiger partial charge >= 0.3 is 0 Å². The molecule has 3 nitrogen and oxygen atoms in total. The lowest BCUT2D eigenvalue weighted by Gasteiger charge is -2.37. The highest BCUT2D eigenvalue weighted by molar-refractivity contribution is 5.05. The Hall–Kier alpha value is -0.860. The third kappa shape index (κ3) is 3.95. The zero-order valence-electron chi connectivity index (χ0n) is 15.0. The van der Waals surface area contributed by atoms with E-state index in [1.165, 1.54) is 12.8 Å². The number of alkyl halides is 2. The van der Waals surface area contributed by atoms with Crippen LogP contribution in [0.4, 0.5) is 8.78 Å². The minimum atomic E-state index is -1.28. The molecule has 0 aromatic heterocycles. The van der Waals surface area contributed by atoms with Crippen LogP contribution in [0.5, 0.6) is 0 Å². The lowest BCUT2D eigenvalue weighted by molar-refractivity contribution is -0.125.